The van der Waals surface area contributed by atoms with E-state index in [4.69, 9.17) is 0 Å². The second-order valence-electron chi connectivity index (χ2n) is 4.62. The van der Waals surface area contributed by atoms with Crippen LogP contribution in [0.25, 0.3) is 0 Å². The first-order valence-corrected chi connectivity index (χ1v) is 6.30. The molecule has 4 heteroatoms. The number of benzene rings is 1. The zero-order chi connectivity index (χ0) is 12.1. The Labute approximate surface area is 115 Å². The molecule has 0 saturated carbocycles. The first kappa shape index (κ1) is 15.0. The Balaban J connectivity index is 0.00000162. The van der Waals surface area contributed by atoms with Gasteiger partial charge in [-0.2, -0.15) is 0 Å². The highest BCUT2D eigenvalue weighted by Crippen LogP contribution is 2.30. The minimum absolute atomic E-state index is 0. The number of likely N-dealkylation sites (N-methyl/N-ethyl adjacent to an activating group) is 1. The Kier molecular flexibility index (Phi) is 6.16. The Morgan fingerprint density at radius 2 is 2.17 bits per heavy atom. The van der Waals surface area contributed by atoms with Crippen molar-refractivity contribution in [2.24, 2.45) is 0 Å². The maximum absolute atomic E-state index is 11.4. The SMILES string of the molecule is CNCC(=O)NCC1CCCc2ccccc21.Cl. The average molecular weight is 269 g/mol. The summed E-state index contributed by atoms with van der Waals surface area (Å²) in [6.45, 7) is 1.16. The Bertz CT molecular complexity index is 395. The minimum Gasteiger partial charge on any atom is -0.354 e. The Morgan fingerprint density at radius 1 is 1.39 bits per heavy atom. The topological polar surface area (TPSA) is 41.1 Å². The molecule has 0 spiro atoms. The molecule has 100 valence electrons. The van der Waals surface area contributed by atoms with Crippen molar-refractivity contribution in [3.8, 4) is 0 Å². The number of nitrogens with one attached hydrogen (secondary N) is 2. The van der Waals surface area contributed by atoms with Crippen molar-refractivity contribution in [3.05, 3.63) is 35.4 Å². The van der Waals surface area contributed by atoms with Gasteiger partial charge in [0.2, 0.25) is 5.91 Å². The molecule has 1 aromatic rings. The summed E-state index contributed by atoms with van der Waals surface area (Å²) in [4.78, 5) is 11.4. The lowest BCUT2D eigenvalue weighted by atomic mass is 9.83. The zero-order valence-corrected chi connectivity index (χ0v) is 11.6. The van der Waals surface area contributed by atoms with Gasteiger partial charge < -0.3 is 10.6 Å². The van der Waals surface area contributed by atoms with E-state index >= 15 is 0 Å². The van der Waals surface area contributed by atoms with E-state index in [0.29, 0.717) is 12.5 Å². The van der Waals surface area contributed by atoms with Gasteiger partial charge in [0.05, 0.1) is 6.54 Å². The summed E-state index contributed by atoms with van der Waals surface area (Å²) in [6, 6.07) is 8.59. The van der Waals surface area contributed by atoms with E-state index in [1.807, 2.05) is 0 Å². The van der Waals surface area contributed by atoms with Gasteiger partial charge in [-0.3, -0.25) is 4.79 Å². The number of amides is 1. The fourth-order valence-corrected chi connectivity index (χ4v) is 2.53. The van der Waals surface area contributed by atoms with Crippen LogP contribution in [0.3, 0.4) is 0 Å². The molecule has 0 aromatic heterocycles. The molecule has 1 atom stereocenters. The second-order valence-corrected chi connectivity index (χ2v) is 4.62. The van der Waals surface area contributed by atoms with E-state index in [9.17, 15) is 4.79 Å². The van der Waals surface area contributed by atoms with Crippen molar-refractivity contribution >= 4 is 18.3 Å². The van der Waals surface area contributed by atoms with Gasteiger partial charge in [-0.25, -0.2) is 0 Å². The quantitative estimate of drug-likeness (QED) is 0.875. The number of carbonyl (C=O) groups is 1. The number of rotatable bonds is 4. The van der Waals surface area contributed by atoms with Gasteiger partial charge in [0.25, 0.3) is 0 Å². The molecule has 1 aromatic carbocycles. The maximum atomic E-state index is 11.4. The van der Waals surface area contributed by atoms with E-state index in [-0.39, 0.29) is 18.3 Å². The third-order valence-electron chi connectivity index (χ3n) is 3.38. The lowest BCUT2D eigenvalue weighted by molar-refractivity contribution is -0.120. The van der Waals surface area contributed by atoms with Crippen LogP contribution in [-0.2, 0) is 11.2 Å². The Hall–Kier alpha value is -1.06. The van der Waals surface area contributed by atoms with Crippen LogP contribution in [0.15, 0.2) is 24.3 Å². The fraction of sp³-hybridized carbons (Fsp3) is 0.500. The molecule has 2 N–H and O–H groups in total. The summed E-state index contributed by atoms with van der Waals surface area (Å²) in [5, 5.41) is 5.86. The second kappa shape index (κ2) is 7.39. The molecule has 0 aliphatic heterocycles. The van der Waals surface area contributed by atoms with Crippen molar-refractivity contribution < 1.29 is 4.79 Å². The van der Waals surface area contributed by atoms with Crippen LogP contribution in [-0.4, -0.2) is 26.0 Å². The minimum atomic E-state index is 0. The molecule has 0 bridgehead atoms. The predicted molar refractivity (Wildman–Crippen MR) is 76.3 cm³/mol. The van der Waals surface area contributed by atoms with Crippen LogP contribution in [0, 0.1) is 0 Å². The number of halogens is 1. The van der Waals surface area contributed by atoms with Crippen molar-refractivity contribution in [3.63, 3.8) is 0 Å². The summed E-state index contributed by atoms with van der Waals surface area (Å²) >= 11 is 0. The highest BCUT2D eigenvalue weighted by Gasteiger charge is 2.19. The van der Waals surface area contributed by atoms with Gasteiger partial charge in [0, 0.05) is 12.5 Å². The highest BCUT2D eigenvalue weighted by molar-refractivity contribution is 5.85. The van der Waals surface area contributed by atoms with E-state index in [1.54, 1.807) is 7.05 Å². The molecular weight excluding hydrogens is 248 g/mol. The molecule has 1 aliphatic carbocycles. The number of carbonyl (C=O) groups excluding carboxylic acids is 1. The van der Waals surface area contributed by atoms with Crippen LogP contribution in [0.1, 0.15) is 29.9 Å². The number of fused-ring (bicyclic) bond motifs is 1. The van der Waals surface area contributed by atoms with Gasteiger partial charge in [0.1, 0.15) is 0 Å². The maximum Gasteiger partial charge on any atom is 0.233 e. The fourth-order valence-electron chi connectivity index (χ4n) is 2.53. The van der Waals surface area contributed by atoms with Crippen LogP contribution in [0.4, 0.5) is 0 Å². The average Bonchev–Trinajstić information content (AvgIpc) is 2.36. The summed E-state index contributed by atoms with van der Waals surface area (Å²) in [5.41, 5.74) is 2.87. The van der Waals surface area contributed by atoms with Crippen molar-refractivity contribution in [2.75, 3.05) is 20.1 Å². The molecular formula is C14H21ClN2O. The van der Waals surface area contributed by atoms with Gasteiger partial charge in [0.15, 0.2) is 0 Å². The molecule has 0 fully saturated rings. The molecule has 1 amide bonds. The Morgan fingerprint density at radius 3 is 2.94 bits per heavy atom. The van der Waals surface area contributed by atoms with Crippen LogP contribution < -0.4 is 10.6 Å². The third-order valence-corrected chi connectivity index (χ3v) is 3.38. The van der Waals surface area contributed by atoms with E-state index in [2.05, 4.69) is 34.9 Å². The molecule has 3 nitrogen and oxygen atoms in total. The third kappa shape index (κ3) is 3.72. The van der Waals surface area contributed by atoms with E-state index < -0.39 is 0 Å². The summed E-state index contributed by atoms with van der Waals surface area (Å²) < 4.78 is 0. The summed E-state index contributed by atoms with van der Waals surface area (Å²) in [5.74, 6) is 0.566. The monoisotopic (exact) mass is 268 g/mol. The molecule has 0 heterocycles. The summed E-state index contributed by atoms with van der Waals surface area (Å²) in [6.07, 6.45) is 3.58. The lowest BCUT2D eigenvalue weighted by Crippen LogP contribution is -2.35. The zero-order valence-electron chi connectivity index (χ0n) is 10.7. The number of aryl methyl sites for hydroxylation is 1. The van der Waals surface area contributed by atoms with E-state index in [1.165, 1.54) is 30.4 Å². The van der Waals surface area contributed by atoms with Crippen LogP contribution >= 0.6 is 12.4 Å². The largest absolute Gasteiger partial charge is 0.354 e. The molecule has 0 radical (unpaired) electrons. The lowest BCUT2D eigenvalue weighted by Gasteiger charge is -2.25. The first-order valence-electron chi connectivity index (χ1n) is 6.30. The van der Waals surface area contributed by atoms with Gasteiger partial charge in [-0.05, 0) is 37.4 Å². The van der Waals surface area contributed by atoms with Crippen LogP contribution in [0.5, 0.6) is 0 Å². The number of hydrogen-bond acceptors (Lipinski definition) is 2. The van der Waals surface area contributed by atoms with Crippen molar-refractivity contribution in [2.45, 2.75) is 25.2 Å². The van der Waals surface area contributed by atoms with Crippen molar-refractivity contribution in [1.82, 2.24) is 10.6 Å². The van der Waals surface area contributed by atoms with Crippen LogP contribution in [0.2, 0.25) is 0 Å². The molecule has 1 aliphatic rings. The predicted octanol–water partition coefficient (Wildman–Crippen LogP) is 1.86. The smallest absolute Gasteiger partial charge is 0.233 e. The van der Waals surface area contributed by atoms with Gasteiger partial charge >= 0.3 is 0 Å². The van der Waals surface area contributed by atoms with E-state index in [0.717, 1.165) is 6.54 Å². The normalized spacial score (nSPS) is 17.5. The first-order chi connectivity index (χ1) is 8.31. The highest BCUT2D eigenvalue weighted by atomic mass is 35.5. The van der Waals surface area contributed by atoms with Gasteiger partial charge in [-0.15, -0.1) is 12.4 Å². The standard InChI is InChI=1S/C14H20N2O.ClH/c1-15-10-14(17)16-9-12-7-4-6-11-5-2-3-8-13(11)12;/h2-3,5,8,12,15H,4,6-7,9-10H2,1H3,(H,16,17);1H. The summed E-state index contributed by atoms with van der Waals surface area (Å²) in [7, 11) is 1.79. The molecule has 2 rings (SSSR count). The molecule has 0 saturated heterocycles. The van der Waals surface area contributed by atoms with Gasteiger partial charge in [-0.1, -0.05) is 24.3 Å². The molecule has 18 heavy (non-hydrogen) atoms. The number of hydrogen-bond donors (Lipinski definition) is 2. The molecule has 1 unspecified atom stereocenters. The van der Waals surface area contributed by atoms with Crippen molar-refractivity contribution in [1.29, 1.82) is 0 Å².